The number of hydrogen-bond donors (Lipinski definition) is 1. The van der Waals surface area contributed by atoms with Crippen molar-refractivity contribution in [2.75, 3.05) is 6.54 Å². The Balaban J connectivity index is 2.49. The largest absolute Gasteiger partial charge is 0.371 e. The van der Waals surface area contributed by atoms with Crippen LogP contribution in [0.2, 0.25) is 0 Å². The predicted octanol–water partition coefficient (Wildman–Crippen LogP) is 2.78. The topological polar surface area (TPSA) is 38.5 Å². The first-order chi connectivity index (χ1) is 8.20. The molecule has 3 nitrogen and oxygen atoms in total. The van der Waals surface area contributed by atoms with Crippen LogP contribution in [0.25, 0.3) is 0 Å². The van der Waals surface area contributed by atoms with E-state index in [9.17, 15) is 0 Å². The van der Waals surface area contributed by atoms with Gasteiger partial charge in [-0.25, -0.2) is 0 Å². The van der Waals surface area contributed by atoms with Crippen LogP contribution >= 0.6 is 0 Å². The van der Waals surface area contributed by atoms with Crippen molar-refractivity contribution in [2.45, 2.75) is 90.6 Å². The molecule has 0 aromatic carbocycles. The van der Waals surface area contributed by atoms with E-state index in [1.54, 1.807) is 0 Å². The first kappa shape index (κ1) is 15.9. The molecule has 0 saturated carbocycles. The molecule has 0 aromatic heterocycles. The molecule has 1 saturated heterocycles. The van der Waals surface area contributed by atoms with Crippen LogP contribution in [0.5, 0.6) is 0 Å². The van der Waals surface area contributed by atoms with Gasteiger partial charge >= 0.3 is 0 Å². The molecule has 1 aliphatic heterocycles. The number of ether oxygens (including phenoxy) is 1. The number of nitrogens with two attached hydrogens (primary N) is 1. The van der Waals surface area contributed by atoms with Crippen molar-refractivity contribution in [3.8, 4) is 0 Å². The Hall–Kier alpha value is -0.120. The molecule has 1 heterocycles. The summed E-state index contributed by atoms with van der Waals surface area (Å²) >= 11 is 0. The molecule has 0 aliphatic carbocycles. The molecule has 108 valence electrons. The van der Waals surface area contributed by atoms with Crippen molar-refractivity contribution in [2.24, 2.45) is 5.73 Å². The van der Waals surface area contributed by atoms with Gasteiger partial charge in [-0.1, -0.05) is 6.42 Å². The van der Waals surface area contributed by atoms with Gasteiger partial charge in [-0.3, -0.25) is 4.90 Å². The van der Waals surface area contributed by atoms with Gasteiger partial charge < -0.3 is 10.5 Å². The Bertz CT molecular complexity index is 239. The summed E-state index contributed by atoms with van der Waals surface area (Å²) in [4.78, 5) is 2.55. The van der Waals surface area contributed by atoms with Crippen LogP contribution in [0, 0.1) is 0 Å². The number of likely N-dealkylation sites (tertiary alicyclic amines) is 1. The average molecular weight is 256 g/mol. The molecule has 3 heteroatoms. The SMILES string of the molecule is C[C@@H]1CCC[C@H](C)N1C[C@@H](N)[C@@H](C)OC(C)(C)C. The van der Waals surface area contributed by atoms with E-state index in [4.69, 9.17) is 10.5 Å². The van der Waals surface area contributed by atoms with Gasteiger partial charge in [0.25, 0.3) is 0 Å². The molecule has 1 fully saturated rings. The molecule has 0 unspecified atom stereocenters. The van der Waals surface area contributed by atoms with Crippen molar-refractivity contribution in [1.82, 2.24) is 4.90 Å². The van der Waals surface area contributed by atoms with Crippen LogP contribution in [0.15, 0.2) is 0 Å². The van der Waals surface area contributed by atoms with Gasteiger partial charge in [0.1, 0.15) is 0 Å². The minimum atomic E-state index is -0.115. The molecular formula is C15H32N2O. The zero-order valence-electron chi connectivity index (χ0n) is 13.1. The Labute approximate surface area is 113 Å². The molecule has 0 amide bonds. The Morgan fingerprint density at radius 2 is 1.72 bits per heavy atom. The molecule has 1 rings (SSSR count). The van der Waals surface area contributed by atoms with Gasteiger partial charge in [0.2, 0.25) is 0 Å². The summed E-state index contributed by atoms with van der Waals surface area (Å²) in [5.74, 6) is 0. The van der Waals surface area contributed by atoms with E-state index in [-0.39, 0.29) is 17.7 Å². The van der Waals surface area contributed by atoms with Crippen molar-refractivity contribution < 1.29 is 4.74 Å². The van der Waals surface area contributed by atoms with E-state index in [0.29, 0.717) is 12.1 Å². The smallest absolute Gasteiger partial charge is 0.0717 e. The van der Waals surface area contributed by atoms with Gasteiger partial charge in [-0.2, -0.15) is 0 Å². The molecule has 0 spiro atoms. The second-order valence-corrected chi connectivity index (χ2v) is 6.92. The van der Waals surface area contributed by atoms with Crippen LogP contribution < -0.4 is 5.73 Å². The number of hydrogen-bond acceptors (Lipinski definition) is 3. The Morgan fingerprint density at radius 3 is 2.17 bits per heavy atom. The highest BCUT2D eigenvalue weighted by Gasteiger charge is 2.29. The minimum Gasteiger partial charge on any atom is -0.371 e. The third-order valence-electron chi connectivity index (χ3n) is 3.94. The minimum absolute atomic E-state index is 0.0900. The average Bonchev–Trinajstić information content (AvgIpc) is 2.21. The first-order valence-electron chi connectivity index (χ1n) is 7.40. The highest BCUT2D eigenvalue weighted by atomic mass is 16.5. The van der Waals surface area contributed by atoms with Gasteiger partial charge in [-0.05, 0) is 54.4 Å². The van der Waals surface area contributed by atoms with Crippen LogP contribution in [0.4, 0.5) is 0 Å². The van der Waals surface area contributed by atoms with Crippen LogP contribution in [-0.2, 0) is 4.74 Å². The molecule has 4 atom stereocenters. The van der Waals surface area contributed by atoms with Crippen molar-refractivity contribution in [3.63, 3.8) is 0 Å². The van der Waals surface area contributed by atoms with Crippen molar-refractivity contribution in [1.29, 1.82) is 0 Å². The first-order valence-corrected chi connectivity index (χ1v) is 7.40. The Kier molecular flexibility index (Phi) is 5.63. The van der Waals surface area contributed by atoms with E-state index in [0.717, 1.165) is 6.54 Å². The summed E-state index contributed by atoms with van der Waals surface area (Å²) in [5.41, 5.74) is 6.20. The summed E-state index contributed by atoms with van der Waals surface area (Å²) in [6, 6.07) is 1.40. The van der Waals surface area contributed by atoms with Crippen LogP contribution in [0.3, 0.4) is 0 Å². The van der Waals surface area contributed by atoms with Crippen LogP contribution in [0.1, 0.15) is 60.8 Å². The molecule has 1 aliphatic rings. The predicted molar refractivity (Wildman–Crippen MR) is 77.8 cm³/mol. The van der Waals surface area contributed by atoms with E-state index in [1.807, 2.05) is 0 Å². The highest BCUT2D eigenvalue weighted by molar-refractivity contribution is 4.85. The second kappa shape index (κ2) is 6.36. The lowest BCUT2D eigenvalue weighted by Crippen LogP contribution is -2.53. The number of piperidine rings is 1. The highest BCUT2D eigenvalue weighted by Crippen LogP contribution is 2.23. The number of nitrogens with zero attached hydrogens (tertiary/aromatic N) is 1. The number of rotatable bonds is 4. The third-order valence-corrected chi connectivity index (χ3v) is 3.94. The monoisotopic (exact) mass is 256 g/mol. The molecular weight excluding hydrogens is 224 g/mol. The maximum Gasteiger partial charge on any atom is 0.0717 e. The quantitative estimate of drug-likeness (QED) is 0.840. The maximum atomic E-state index is 6.31. The fourth-order valence-corrected chi connectivity index (χ4v) is 2.87. The Morgan fingerprint density at radius 1 is 1.22 bits per heavy atom. The van der Waals surface area contributed by atoms with E-state index >= 15 is 0 Å². The van der Waals surface area contributed by atoms with E-state index in [1.165, 1.54) is 19.3 Å². The molecule has 0 aromatic rings. The fraction of sp³-hybridized carbons (Fsp3) is 1.00. The second-order valence-electron chi connectivity index (χ2n) is 6.92. The third kappa shape index (κ3) is 4.87. The normalized spacial score (nSPS) is 30.2. The van der Waals surface area contributed by atoms with Gasteiger partial charge in [0.15, 0.2) is 0 Å². The van der Waals surface area contributed by atoms with Gasteiger partial charge in [0.05, 0.1) is 11.7 Å². The van der Waals surface area contributed by atoms with E-state index < -0.39 is 0 Å². The van der Waals surface area contributed by atoms with Crippen molar-refractivity contribution in [3.05, 3.63) is 0 Å². The summed E-state index contributed by atoms with van der Waals surface area (Å²) < 4.78 is 5.96. The zero-order chi connectivity index (χ0) is 13.9. The van der Waals surface area contributed by atoms with Gasteiger partial charge in [0, 0.05) is 24.7 Å². The summed E-state index contributed by atoms with van der Waals surface area (Å²) in [6.45, 7) is 13.9. The molecule has 0 radical (unpaired) electrons. The lowest BCUT2D eigenvalue weighted by Gasteiger charge is -2.41. The summed E-state index contributed by atoms with van der Waals surface area (Å²) in [6.07, 6.45) is 4.05. The van der Waals surface area contributed by atoms with Gasteiger partial charge in [-0.15, -0.1) is 0 Å². The standard InChI is InChI=1S/C15H32N2O/c1-11-8-7-9-12(2)17(11)10-14(16)13(3)18-15(4,5)6/h11-14H,7-10,16H2,1-6H3/t11-,12+,13-,14-/m1/s1. The maximum absolute atomic E-state index is 6.31. The van der Waals surface area contributed by atoms with Crippen molar-refractivity contribution >= 4 is 0 Å². The summed E-state index contributed by atoms with van der Waals surface area (Å²) in [5, 5.41) is 0. The molecule has 0 bridgehead atoms. The molecule has 2 N–H and O–H groups in total. The zero-order valence-corrected chi connectivity index (χ0v) is 13.1. The van der Waals surface area contributed by atoms with E-state index in [2.05, 4.69) is 46.4 Å². The summed E-state index contributed by atoms with van der Waals surface area (Å²) in [7, 11) is 0. The fourth-order valence-electron chi connectivity index (χ4n) is 2.87. The van der Waals surface area contributed by atoms with Crippen LogP contribution in [-0.4, -0.2) is 41.3 Å². The lowest BCUT2D eigenvalue weighted by molar-refractivity contribution is -0.0683. The molecule has 18 heavy (non-hydrogen) atoms. The lowest BCUT2D eigenvalue weighted by atomic mass is 9.96.